The zero-order chi connectivity index (χ0) is 28.4. The zero-order valence-electron chi connectivity index (χ0n) is 22.8. The van der Waals surface area contributed by atoms with Gasteiger partial charge < -0.3 is 10.6 Å². The van der Waals surface area contributed by atoms with Crippen molar-refractivity contribution in [3.8, 4) is 22.4 Å². The number of hydrogen-bond acceptors (Lipinski definition) is 5. The lowest BCUT2D eigenvalue weighted by molar-refractivity contribution is -0.111. The van der Waals surface area contributed by atoms with Crippen LogP contribution >= 0.6 is 0 Å². The lowest BCUT2D eigenvalue weighted by Crippen LogP contribution is -2.38. The largest absolute Gasteiger partial charge is 0.381 e. The summed E-state index contributed by atoms with van der Waals surface area (Å²) in [5.74, 6) is -2.75. The summed E-state index contributed by atoms with van der Waals surface area (Å²) >= 11 is 0. The van der Waals surface area contributed by atoms with Crippen molar-refractivity contribution < 1.29 is 13.6 Å². The normalized spacial score (nSPS) is 16.6. The number of aromatic nitrogens is 2. The molecule has 0 aliphatic carbocycles. The monoisotopic (exact) mass is 551 g/mol. The quantitative estimate of drug-likeness (QED) is 0.273. The van der Waals surface area contributed by atoms with E-state index in [0.29, 0.717) is 37.4 Å². The molecule has 0 unspecified atom stereocenters. The number of hydrogen-bond donors (Lipinski definition) is 2. The molecule has 2 aliphatic rings. The van der Waals surface area contributed by atoms with Gasteiger partial charge in [-0.05, 0) is 54.0 Å². The number of carbonyl (C=O) groups is 1. The fraction of sp³-hybridized carbons (Fsp3) is 0.242. The van der Waals surface area contributed by atoms with Crippen LogP contribution in [-0.2, 0) is 11.3 Å². The van der Waals surface area contributed by atoms with Crippen molar-refractivity contribution in [3.63, 3.8) is 0 Å². The third-order valence-corrected chi connectivity index (χ3v) is 7.70. The van der Waals surface area contributed by atoms with E-state index in [1.807, 2.05) is 78.6 Å². The number of fused-ring (bicyclic) bond motifs is 1. The molecular weight excluding hydrogens is 520 g/mol. The van der Waals surface area contributed by atoms with Crippen molar-refractivity contribution in [2.75, 3.05) is 30.3 Å². The summed E-state index contributed by atoms with van der Waals surface area (Å²) in [5.41, 5.74) is 8.57. The lowest BCUT2D eigenvalue weighted by atomic mass is 9.91. The summed E-state index contributed by atoms with van der Waals surface area (Å²) in [7, 11) is 0. The third kappa shape index (κ3) is 6.02. The number of alkyl halides is 2. The number of amides is 1. The molecule has 4 heterocycles. The van der Waals surface area contributed by atoms with Crippen molar-refractivity contribution in [1.82, 2.24) is 14.9 Å². The molecule has 6 nitrogen and oxygen atoms in total. The lowest BCUT2D eigenvalue weighted by Gasteiger charge is -2.31. The average molecular weight is 552 g/mol. The predicted molar refractivity (Wildman–Crippen MR) is 159 cm³/mol. The van der Waals surface area contributed by atoms with Gasteiger partial charge in [0.1, 0.15) is 0 Å². The summed E-state index contributed by atoms with van der Waals surface area (Å²) in [5, 5.41) is 6.43. The predicted octanol–water partition coefficient (Wildman–Crippen LogP) is 6.88. The molecule has 0 saturated carbocycles. The van der Waals surface area contributed by atoms with E-state index in [9.17, 15) is 13.6 Å². The van der Waals surface area contributed by atoms with Gasteiger partial charge in [0.2, 0.25) is 0 Å². The van der Waals surface area contributed by atoms with E-state index in [1.54, 1.807) is 18.6 Å². The van der Waals surface area contributed by atoms with Crippen LogP contribution in [0.5, 0.6) is 0 Å². The van der Waals surface area contributed by atoms with Gasteiger partial charge in [0.25, 0.3) is 11.8 Å². The first-order chi connectivity index (χ1) is 19.8. The van der Waals surface area contributed by atoms with Crippen molar-refractivity contribution >= 4 is 22.9 Å². The summed E-state index contributed by atoms with van der Waals surface area (Å²) in [6.45, 7) is 3.85. The Balaban J connectivity index is 1.21. The number of likely N-dealkylation sites (tertiary alicyclic amines) is 1. The van der Waals surface area contributed by atoms with Crippen LogP contribution in [0.25, 0.3) is 28.0 Å². The van der Waals surface area contributed by atoms with Crippen molar-refractivity contribution in [1.29, 1.82) is 0 Å². The summed E-state index contributed by atoms with van der Waals surface area (Å²) in [4.78, 5) is 24.6. The molecule has 2 aromatic carbocycles. The minimum Gasteiger partial charge on any atom is -0.381 e. The van der Waals surface area contributed by atoms with Crippen LogP contribution in [0.3, 0.4) is 0 Å². The number of nitrogens with one attached hydrogen (secondary N) is 2. The Labute approximate surface area is 238 Å². The Hall–Kier alpha value is -4.43. The molecule has 0 bridgehead atoms. The van der Waals surface area contributed by atoms with Crippen LogP contribution in [0, 0.1) is 0 Å². The Morgan fingerprint density at radius 1 is 0.951 bits per heavy atom. The van der Waals surface area contributed by atoms with Gasteiger partial charge in [-0.2, -0.15) is 0 Å². The van der Waals surface area contributed by atoms with Crippen molar-refractivity contribution in [3.05, 3.63) is 102 Å². The SMILES string of the molecule is CC1=C(C(=O)Nc2ccc(-c3ccccc3)nc2)c2cc(-c3cncc(CN4CCC(F)(F)CC4)c3)ccc2NC1. The topological polar surface area (TPSA) is 70.2 Å². The van der Waals surface area contributed by atoms with Gasteiger partial charge in [-0.1, -0.05) is 36.4 Å². The highest BCUT2D eigenvalue weighted by Gasteiger charge is 2.33. The number of benzene rings is 2. The Morgan fingerprint density at radius 2 is 1.76 bits per heavy atom. The minimum atomic E-state index is -2.56. The fourth-order valence-electron chi connectivity index (χ4n) is 5.42. The first kappa shape index (κ1) is 26.8. The van der Waals surface area contributed by atoms with E-state index in [4.69, 9.17) is 0 Å². The molecule has 2 aromatic heterocycles. The van der Waals surface area contributed by atoms with Crippen LogP contribution in [0.15, 0.2) is 90.9 Å². The maximum Gasteiger partial charge on any atom is 0.256 e. The molecule has 1 saturated heterocycles. The first-order valence-electron chi connectivity index (χ1n) is 13.8. The fourth-order valence-corrected chi connectivity index (χ4v) is 5.42. The number of piperidine rings is 1. The number of halogens is 2. The smallest absolute Gasteiger partial charge is 0.256 e. The minimum absolute atomic E-state index is 0.109. The van der Waals surface area contributed by atoms with Gasteiger partial charge in [-0.25, -0.2) is 8.78 Å². The van der Waals surface area contributed by atoms with Crippen LogP contribution in [0.4, 0.5) is 20.2 Å². The highest BCUT2D eigenvalue weighted by molar-refractivity contribution is 6.27. The zero-order valence-corrected chi connectivity index (χ0v) is 22.8. The molecule has 1 amide bonds. The van der Waals surface area contributed by atoms with E-state index in [-0.39, 0.29) is 18.7 Å². The molecule has 1 fully saturated rings. The molecule has 0 atom stereocenters. The molecule has 0 spiro atoms. The number of carbonyl (C=O) groups excluding carboxylic acids is 1. The van der Waals surface area contributed by atoms with E-state index in [0.717, 1.165) is 44.8 Å². The van der Waals surface area contributed by atoms with Gasteiger partial charge in [0, 0.05) is 79.4 Å². The number of nitrogens with zero attached hydrogens (tertiary/aromatic N) is 3. The van der Waals surface area contributed by atoms with E-state index >= 15 is 0 Å². The van der Waals surface area contributed by atoms with Gasteiger partial charge in [-0.3, -0.25) is 19.7 Å². The molecule has 2 aliphatic heterocycles. The molecule has 41 heavy (non-hydrogen) atoms. The number of anilines is 2. The van der Waals surface area contributed by atoms with Gasteiger partial charge >= 0.3 is 0 Å². The standard InChI is InChI=1S/C33H31F2N5O/c1-22-17-37-30-9-7-25(26-15-23(18-36-19-26)21-40-13-11-33(34,35)12-14-40)16-28(30)31(22)32(41)39-27-8-10-29(38-20-27)24-5-3-2-4-6-24/h2-10,15-16,18-20,37H,11-14,17,21H2,1H3,(H,39,41). The second-order valence-corrected chi connectivity index (χ2v) is 10.7. The third-order valence-electron chi connectivity index (χ3n) is 7.70. The molecule has 6 rings (SSSR count). The van der Waals surface area contributed by atoms with E-state index in [1.165, 1.54) is 0 Å². The number of pyridine rings is 2. The van der Waals surface area contributed by atoms with Crippen LogP contribution in [0.2, 0.25) is 0 Å². The van der Waals surface area contributed by atoms with Crippen LogP contribution < -0.4 is 10.6 Å². The highest BCUT2D eigenvalue weighted by Crippen LogP contribution is 2.36. The van der Waals surface area contributed by atoms with Gasteiger partial charge in [0.15, 0.2) is 0 Å². The van der Waals surface area contributed by atoms with E-state index < -0.39 is 5.92 Å². The Bertz CT molecular complexity index is 1590. The van der Waals surface area contributed by atoms with Crippen molar-refractivity contribution in [2.24, 2.45) is 0 Å². The molecule has 4 aromatic rings. The van der Waals surface area contributed by atoms with Gasteiger partial charge in [-0.15, -0.1) is 0 Å². The Kier molecular flexibility index (Phi) is 7.32. The number of rotatable bonds is 6. The van der Waals surface area contributed by atoms with Crippen molar-refractivity contribution in [2.45, 2.75) is 32.2 Å². The maximum absolute atomic E-state index is 13.6. The average Bonchev–Trinajstić information content (AvgIpc) is 2.99. The second-order valence-electron chi connectivity index (χ2n) is 10.7. The molecule has 0 radical (unpaired) electrons. The maximum atomic E-state index is 13.6. The molecule has 208 valence electrons. The Morgan fingerprint density at radius 3 is 2.51 bits per heavy atom. The molecular formula is C33H31F2N5O. The summed E-state index contributed by atoms with van der Waals surface area (Å²) in [6, 6.07) is 21.7. The summed E-state index contributed by atoms with van der Waals surface area (Å²) < 4.78 is 27.2. The van der Waals surface area contributed by atoms with Crippen LogP contribution in [-0.4, -0.2) is 46.3 Å². The second kappa shape index (κ2) is 11.2. The molecule has 8 heteroatoms. The van der Waals surface area contributed by atoms with E-state index in [2.05, 4.69) is 20.6 Å². The first-order valence-corrected chi connectivity index (χ1v) is 13.8. The molecule has 2 N–H and O–H groups in total. The summed E-state index contributed by atoms with van der Waals surface area (Å²) in [6.07, 6.45) is 5.04. The van der Waals surface area contributed by atoms with Gasteiger partial charge in [0.05, 0.1) is 17.6 Å². The highest BCUT2D eigenvalue weighted by atomic mass is 19.3. The van der Waals surface area contributed by atoms with Crippen LogP contribution in [0.1, 0.15) is 30.9 Å².